The highest BCUT2D eigenvalue weighted by Gasteiger charge is 2.27. The zero-order chi connectivity index (χ0) is 12.4. The molecule has 2 unspecified atom stereocenters. The monoisotopic (exact) mass is 254 g/mol. The zero-order valence-corrected chi connectivity index (χ0v) is 10.8. The standard InChI is InChI=1S/C13H19ClN2O/c1-8-10(14)5-6-11(15)13(8)16-12-4-2-3-9(12)7-17/h5-6,9,12,16-17H,2-4,7,15H2,1H3. The number of aliphatic hydroxyl groups is 1. The summed E-state index contributed by atoms with van der Waals surface area (Å²) in [7, 11) is 0. The molecule has 0 bridgehead atoms. The van der Waals surface area contributed by atoms with E-state index >= 15 is 0 Å². The maximum absolute atomic E-state index is 9.31. The molecule has 1 aromatic rings. The first-order valence-electron chi connectivity index (χ1n) is 6.05. The normalized spacial score (nSPS) is 23.9. The fourth-order valence-corrected chi connectivity index (χ4v) is 2.69. The summed E-state index contributed by atoms with van der Waals surface area (Å²) in [5.74, 6) is 0.327. The summed E-state index contributed by atoms with van der Waals surface area (Å²) in [4.78, 5) is 0. The third kappa shape index (κ3) is 2.50. The summed E-state index contributed by atoms with van der Waals surface area (Å²) in [6.45, 7) is 2.20. The second kappa shape index (κ2) is 5.15. The number of halogens is 1. The fourth-order valence-electron chi connectivity index (χ4n) is 2.53. The highest BCUT2D eigenvalue weighted by atomic mass is 35.5. The quantitative estimate of drug-likeness (QED) is 0.727. The van der Waals surface area contributed by atoms with Gasteiger partial charge >= 0.3 is 0 Å². The lowest BCUT2D eigenvalue weighted by Gasteiger charge is -2.23. The van der Waals surface area contributed by atoms with Crippen molar-refractivity contribution in [2.24, 2.45) is 5.92 Å². The van der Waals surface area contributed by atoms with E-state index in [1.54, 1.807) is 0 Å². The molecule has 0 aliphatic heterocycles. The van der Waals surface area contributed by atoms with Crippen LogP contribution in [0.5, 0.6) is 0 Å². The Kier molecular flexibility index (Phi) is 3.79. The topological polar surface area (TPSA) is 58.3 Å². The minimum atomic E-state index is 0.233. The van der Waals surface area contributed by atoms with Crippen molar-refractivity contribution in [3.63, 3.8) is 0 Å². The molecule has 2 atom stereocenters. The molecule has 0 amide bonds. The van der Waals surface area contributed by atoms with Crippen LogP contribution in [0.4, 0.5) is 11.4 Å². The summed E-state index contributed by atoms with van der Waals surface area (Å²) in [5.41, 5.74) is 8.59. The maximum Gasteiger partial charge on any atom is 0.0620 e. The van der Waals surface area contributed by atoms with Crippen LogP contribution >= 0.6 is 11.6 Å². The first-order valence-corrected chi connectivity index (χ1v) is 6.43. The molecule has 1 aliphatic carbocycles. The Hall–Kier alpha value is -0.930. The van der Waals surface area contributed by atoms with Crippen molar-refractivity contribution in [1.82, 2.24) is 0 Å². The van der Waals surface area contributed by atoms with Gasteiger partial charge in [0.2, 0.25) is 0 Å². The van der Waals surface area contributed by atoms with Crippen molar-refractivity contribution in [1.29, 1.82) is 0 Å². The molecule has 0 saturated heterocycles. The number of aliphatic hydroxyl groups excluding tert-OH is 1. The van der Waals surface area contributed by atoms with E-state index in [1.807, 2.05) is 19.1 Å². The number of benzene rings is 1. The van der Waals surface area contributed by atoms with Crippen molar-refractivity contribution >= 4 is 23.0 Å². The van der Waals surface area contributed by atoms with E-state index in [0.717, 1.165) is 41.2 Å². The number of anilines is 2. The second-order valence-corrected chi connectivity index (χ2v) is 5.17. The van der Waals surface area contributed by atoms with Crippen molar-refractivity contribution in [3.8, 4) is 0 Å². The Balaban J connectivity index is 2.21. The second-order valence-electron chi connectivity index (χ2n) is 4.76. The van der Waals surface area contributed by atoms with Crippen LogP contribution in [0.25, 0.3) is 0 Å². The number of rotatable bonds is 3. The molecule has 0 aromatic heterocycles. The molecule has 0 spiro atoms. The van der Waals surface area contributed by atoms with Gasteiger partial charge in [0.25, 0.3) is 0 Å². The van der Waals surface area contributed by atoms with E-state index in [2.05, 4.69) is 5.32 Å². The van der Waals surface area contributed by atoms with Crippen molar-refractivity contribution < 1.29 is 5.11 Å². The van der Waals surface area contributed by atoms with E-state index < -0.39 is 0 Å². The van der Waals surface area contributed by atoms with Crippen LogP contribution in [-0.2, 0) is 0 Å². The van der Waals surface area contributed by atoms with Gasteiger partial charge < -0.3 is 16.2 Å². The van der Waals surface area contributed by atoms with Gasteiger partial charge in [-0.15, -0.1) is 0 Å². The highest BCUT2D eigenvalue weighted by molar-refractivity contribution is 6.31. The number of nitrogens with two attached hydrogens (primary N) is 1. The molecule has 1 fully saturated rings. The predicted octanol–water partition coefficient (Wildman–Crippen LogP) is 2.80. The summed E-state index contributed by atoms with van der Waals surface area (Å²) >= 11 is 6.10. The van der Waals surface area contributed by atoms with Gasteiger partial charge in [0, 0.05) is 23.6 Å². The Bertz CT molecular complexity index is 409. The first kappa shape index (κ1) is 12.5. The van der Waals surface area contributed by atoms with Crippen LogP contribution in [-0.4, -0.2) is 17.8 Å². The van der Waals surface area contributed by atoms with Gasteiger partial charge in [-0.05, 0) is 37.5 Å². The van der Waals surface area contributed by atoms with Crippen LogP contribution in [0.2, 0.25) is 5.02 Å². The van der Waals surface area contributed by atoms with E-state index in [9.17, 15) is 5.11 Å². The van der Waals surface area contributed by atoms with Crippen LogP contribution in [0, 0.1) is 12.8 Å². The molecule has 4 N–H and O–H groups in total. The molecule has 2 rings (SSSR count). The summed E-state index contributed by atoms with van der Waals surface area (Å²) in [6.07, 6.45) is 3.31. The van der Waals surface area contributed by atoms with Gasteiger partial charge in [-0.3, -0.25) is 0 Å². The average Bonchev–Trinajstić information content (AvgIpc) is 2.77. The molecule has 0 heterocycles. The average molecular weight is 255 g/mol. The van der Waals surface area contributed by atoms with Crippen molar-refractivity contribution in [2.75, 3.05) is 17.7 Å². The molecule has 94 valence electrons. The van der Waals surface area contributed by atoms with Gasteiger partial charge in [0.05, 0.1) is 11.4 Å². The largest absolute Gasteiger partial charge is 0.397 e. The lowest BCUT2D eigenvalue weighted by atomic mass is 10.0. The van der Waals surface area contributed by atoms with Crippen molar-refractivity contribution in [2.45, 2.75) is 32.2 Å². The minimum absolute atomic E-state index is 0.233. The highest BCUT2D eigenvalue weighted by Crippen LogP contribution is 2.34. The van der Waals surface area contributed by atoms with Crippen LogP contribution in [0.3, 0.4) is 0 Å². The molecular weight excluding hydrogens is 236 g/mol. The Labute approximate surface area is 107 Å². The molecule has 17 heavy (non-hydrogen) atoms. The summed E-state index contributed by atoms with van der Waals surface area (Å²) in [6, 6.07) is 3.94. The SMILES string of the molecule is Cc1c(Cl)ccc(N)c1NC1CCCC1CO. The summed E-state index contributed by atoms with van der Waals surface area (Å²) < 4.78 is 0. The molecule has 1 aromatic carbocycles. The Morgan fingerprint density at radius 3 is 2.94 bits per heavy atom. The third-order valence-electron chi connectivity index (χ3n) is 3.65. The number of hydrogen-bond acceptors (Lipinski definition) is 3. The zero-order valence-electron chi connectivity index (χ0n) is 10.0. The van der Waals surface area contributed by atoms with Crippen LogP contribution in [0.15, 0.2) is 12.1 Å². The first-order chi connectivity index (χ1) is 8.13. The van der Waals surface area contributed by atoms with E-state index in [1.165, 1.54) is 0 Å². The van der Waals surface area contributed by atoms with Crippen LogP contribution < -0.4 is 11.1 Å². The van der Waals surface area contributed by atoms with Gasteiger partial charge in [-0.2, -0.15) is 0 Å². The van der Waals surface area contributed by atoms with E-state index in [-0.39, 0.29) is 6.61 Å². The summed E-state index contributed by atoms with van der Waals surface area (Å²) in [5, 5.41) is 13.5. The molecule has 4 heteroatoms. The lowest BCUT2D eigenvalue weighted by Crippen LogP contribution is -2.27. The maximum atomic E-state index is 9.31. The smallest absolute Gasteiger partial charge is 0.0620 e. The molecule has 1 saturated carbocycles. The number of nitrogens with one attached hydrogen (secondary N) is 1. The van der Waals surface area contributed by atoms with Gasteiger partial charge in [0.15, 0.2) is 0 Å². The minimum Gasteiger partial charge on any atom is -0.397 e. The lowest BCUT2D eigenvalue weighted by molar-refractivity contribution is 0.222. The third-order valence-corrected chi connectivity index (χ3v) is 4.06. The van der Waals surface area contributed by atoms with Gasteiger partial charge in [-0.1, -0.05) is 18.0 Å². The molecule has 0 radical (unpaired) electrons. The fraction of sp³-hybridized carbons (Fsp3) is 0.538. The Morgan fingerprint density at radius 2 is 2.24 bits per heavy atom. The van der Waals surface area contributed by atoms with Crippen LogP contribution in [0.1, 0.15) is 24.8 Å². The molecule has 3 nitrogen and oxygen atoms in total. The van der Waals surface area contributed by atoms with E-state index in [0.29, 0.717) is 12.0 Å². The number of hydrogen-bond donors (Lipinski definition) is 3. The molecule has 1 aliphatic rings. The number of nitrogen functional groups attached to an aromatic ring is 1. The predicted molar refractivity (Wildman–Crippen MR) is 72.4 cm³/mol. The van der Waals surface area contributed by atoms with Crippen molar-refractivity contribution in [3.05, 3.63) is 22.7 Å². The van der Waals surface area contributed by atoms with Gasteiger partial charge in [-0.25, -0.2) is 0 Å². The molecular formula is C13H19ClN2O. The Morgan fingerprint density at radius 1 is 1.47 bits per heavy atom. The van der Waals surface area contributed by atoms with Gasteiger partial charge in [0.1, 0.15) is 0 Å². The van der Waals surface area contributed by atoms with E-state index in [4.69, 9.17) is 17.3 Å².